The van der Waals surface area contributed by atoms with Crippen LogP contribution in [0.4, 0.5) is 20.2 Å². The van der Waals surface area contributed by atoms with Crippen molar-refractivity contribution in [2.45, 2.75) is 6.92 Å². The number of carbonyl (C=O) groups excluding carboxylic acids is 2. The number of nitrogens with one attached hydrogen (secondary N) is 1. The molecule has 0 heterocycles. The summed E-state index contributed by atoms with van der Waals surface area (Å²) in [6.45, 7) is 0.901. The SMILES string of the molecule is CC(=O)N(CC(=O)Nc1ccc(F)cc1F)c1ccc(Cl)c(Cl)c1. The molecule has 0 aliphatic rings. The van der Waals surface area contributed by atoms with Crippen molar-refractivity contribution < 1.29 is 18.4 Å². The predicted octanol–water partition coefficient (Wildman–Crippen LogP) is 4.26. The first-order chi connectivity index (χ1) is 11.3. The summed E-state index contributed by atoms with van der Waals surface area (Å²) in [6.07, 6.45) is 0. The molecule has 0 saturated carbocycles. The maximum atomic E-state index is 13.6. The van der Waals surface area contributed by atoms with Gasteiger partial charge in [-0.1, -0.05) is 23.2 Å². The van der Waals surface area contributed by atoms with Gasteiger partial charge >= 0.3 is 0 Å². The van der Waals surface area contributed by atoms with Gasteiger partial charge in [-0.15, -0.1) is 0 Å². The van der Waals surface area contributed by atoms with Crippen LogP contribution in [0.3, 0.4) is 0 Å². The number of anilines is 2. The molecule has 2 rings (SSSR count). The standard InChI is InChI=1S/C16H12Cl2F2N2O2/c1-9(23)22(11-3-4-12(17)13(18)7-11)8-16(24)21-15-5-2-10(19)6-14(15)20/h2-7H,8H2,1H3,(H,21,24). The zero-order valence-corrected chi connectivity index (χ0v) is 14.0. The van der Waals surface area contributed by atoms with Crippen LogP contribution in [0.15, 0.2) is 36.4 Å². The minimum atomic E-state index is -0.910. The minimum absolute atomic E-state index is 0.181. The molecule has 4 nitrogen and oxygen atoms in total. The molecule has 0 aliphatic carbocycles. The Morgan fingerprint density at radius 3 is 2.38 bits per heavy atom. The Balaban J connectivity index is 2.16. The highest BCUT2D eigenvalue weighted by Gasteiger charge is 2.18. The number of hydrogen-bond donors (Lipinski definition) is 1. The van der Waals surface area contributed by atoms with Crippen LogP contribution in [0.25, 0.3) is 0 Å². The van der Waals surface area contributed by atoms with E-state index in [-0.39, 0.29) is 17.3 Å². The van der Waals surface area contributed by atoms with Crippen LogP contribution >= 0.6 is 23.2 Å². The van der Waals surface area contributed by atoms with Crippen molar-refractivity contribution >= 4 is 46.4 Å². The summed E-state index contributed by atoms with van der Waals surface area (Å²) >= 11 is 11.7. The van der Waals surface area contributed by atoms with Gasteiger partial charge in [-0.3, -0.25) is 9.59 Å². The zero-order valence-electron chi connectivity index (χ0n) is 12.4. The van der Waals surface area contributed by atoms with E-state index >= 15 is 0 Å². The summed E-state index contributed by atoms with van der Waals surface area (Å²) in [4.78, 5) is 25.0. The third kappa shape index (κ3) is 4.43. The molecule has 2 aromatic carbocycles. The summed E-state index contributed by atoms with van der Waals surface area (Å²) < 4.78 is 26.4. The number of halogens is 4. The third-order valence-corrected chi connectivity index (χ3v) is 3.84. The fourth-order valence-electron chi connectivity index (χ4n) is 1.96. The molecule has 0 saturated heterocycles. The van der Waals surface area contributed by atoms with Crippen LogP contribution in [0.1, 0.15) is 6.92 Å². The average molecular weight is 373 g/mol. The number of nitrogens with zero attached hydrogens (tertiary/aromatic N) is 1. The highest BCUT2D eigenvalue weighted by molar-refractivity contribution is 6.42. The van der Waals surface area contributed by atoms with Crippen LogP contribution in [0, 0.1) is 11.6 Å². The van der Waals surface area contributed by atoms with Gasteiger partial charge in [0.25, 0.3) is 0 Å². The molecule has 0 aromatic heterocycles. The lowest BCUT2D eigenvalue weighted by Crippen LogP contribution is -2.36. The number of amides is 2. The summed E-state index contributed by atoms with van der Waals surface area (Å²) in [6, 6.07) is 7.22. The molecule has 126 valence electrons. The van der Waals surface area contributed by atoms with E-state index in [1.54, 1.807) is 0 Å². The fraction of sp³-hybridized carbons (Fsp3) is 0.125. The molecule has 2 amide bonds. The maximum absolute atomic E-state index is 13.6. The van der Waals surface area contributed by atoms with Gasteiger partial charge in [-0.2, -0.15) is 0 Å². The van der Waals surface area contributed by atoms with Crippen molar-refractivity contribution in [2.75, 3.05) is 16.8 Å². The normalized spacial score (nSPS) is 10.4. The van der Waals surface area contributed by atoms with Crippen molar-refractivity contribution in [1.29, 1.82) is 0 Å². The summed E-state index contributed by atoms with van der Waals surface area (Å²) in [5.41, 5.74) is 0.186. The Morgan fingerprint density at radius 1 is 1.08 bits per heavy atom. The maximum Gasteiger partial charge on any atom is 0.244 e. The molecule has 24 heavy (non-hydrogen) atoms. The van der Waals surface area contributed by atoms with Crippen LogP contribution in [0.5, 0.6) is 0 Å². The fourth-order valence-corrected chi connectivity index (χ4v) is 2.25. The second kappa shape index (κ2) is 7.59. The molecule has 0 spiro atoms. The lowest BCUT2D eigenvalue weighted by atomic mass is 10.2. The smallest absolute Gasteiger partial charge is 0.244 e. The zero-order chi connectivity index (χ0) is 17.9. The van der Waals surface area contributed by atoms with Gasteiger partial charge in [0, 0.05) is 18.7 Å². The molecular weight excluding hydrogens is 361 g/mol. The van der Waals surface area contributed by atoms with E-state index in [0.717, 1.165) is 17.0 Å². The topological polar surface area (TPSA) is 49.4 Å². The van der Waals surface area contributed by atoms with Gasteiger partial charge in [0.1, 0.15) is 18.2 Å². The van der Waals surface area contributed by atoms with Crippen molar-refractivity contribution in [2.24, 2.45) is 0 Å². The van der Waals surface area contributed by atoms with Gasteiger partial charge < -0.3 is 10.2 Å². The van der Waals surface area contributed by atoms with Crippen molar-refractivity contribution in [1.82, 2.24) is 0 Å². The average Bonchev–Trinajstić information content (AvgIpc) is 2.50. The lowest BCUT2D eigenvalue weighted by molar-refractivity contribution is -0.120. The van der Waals surface area contributed by atoms with Crippen LogP contribution < -0.4 is 10.2 Å². The first-order valence-corrected chi connectivity index (χ1v) is 7.51. The first-order valence-electron chi connectivity index (χ1n) is 6.76. The van der Waals surface area contributed by atoms with Crippen LogP contribution in [0.2, 0.25) is 10.0 Å². The molecule has 0 radical (unpaired) electrons. The second-order valence-electron chi connectivity index (χ2n) is 4.88. The molecule has 2 aromatic rings. The van der Waals surface area contributed by atoms with Gasteiger partial charge in [0.2, 0.25) is 11.8 Å². The molecule has 0 bridgehead atoms. The molecule has 0 fully saturated rings. The number of carbonyl (C=O) groups is 2. The van der Waals surface area contributed by atoms with Gasteiger partial charge in [-0.05, 0) is 30.3 Å². The van der Waals surface area contributed by atoms with Gasteiger partial charge in [-0.25, -0.2) is 8.78 Å². The summed E-state index contributed by atoms with van der Waals surface area (Å²) in [5.74, 6) is -2.73. The molecule has 0 unspecified atom stereocenters. The Labute approximate surface area is 147 Å². The molecule has 0 atom stereocenters. The Hall–Kier alpha value is -2.18. The number of hydrogen-bond acceptors (Lipinski definition) is 2. The highest BCUT2D eigenvalue weighted by Crippen LogP contribution is 2.27. The van der Waals surface area contributed by atoms with E-state index in [1.165, 1.54) is 25.1 Å². The van der Waals surface area contributed by atoms with Crippen LogP contribution in [-0.2, 0) is 9.59 Å². The van der Waals surface area contributed by atoms with E-state index in [0.29, 0.717) is 16.8 Å². The van der Waals surface area contributed by atoms with E-state index in [2.05, 4.69) is 5.32 Å². The van der Waals surface area contributed by atoms with Crippen LogP contribution in [-0.4, -0.2) is 18.4 Å². The molecule has 8 heteroatoms. The molecule has 0 aliphatic heterocycles. The minimum Gasteiger partial charge on any atom is -0.322 e. The third-order valence-electron chi connectivity index (χ3n) is 3.10. The molecule has 1 N–H and O–H groups in total. The van der Waals surface area contributed by atoms with Crippen molar-refractivity contribution in [3.8, 4) is 0 Å². The first kappa shape index (κ1) is 18.2. The second-order valence-corrected chi connectivity index (χ2v) is 5.69. The quantitative estimate of drug-likeness (QED) is 0.871. The summed E-state index contributed by atoms with van der Waals surface area (Å²) in [5, 5.41) is 2.82. The number of rotatable bonds is 4. The lowest BCUT2D eigenvalue weighted by Gasteiger charge is -2.21. The van der Waals surface area contributed by atoms with Gasteiger partial charge in [0.15, 0.2) is 0 Å². The number of benzene rings is 2. The van der Waals surface area contributed by atoms with E-state index in [9.17, 15) is 18.4 Å². The van der Waals surface area contributed by atoms with Gasteiger partial charge in [0.05, 0.1) is 15.7 Å². The highest BCUT2D eigenvalue weighted by atomic mass is 35.5. The Kier molecular flexibility index (Phi) is 5.75. The van der Waals surface area contributed by atoms with E-state index < -0.39 is 23.4 Å². The monoisotopic (exact) mass is 372 g/mol. The largest absolute Gasteiger partial charge is 0.322 e. The van der Waals surface area contributed by atoms with E-state index in [4.69, 9.17) is 23.2 Å². The van der Waals surface area contributed by atoms with E-state index in [1.807, 2.05) is 0 Å². The molecular formula is C16H12Cl2F2N2O2. The predicted molar refractivity (Wildman–Crippen MR) is 89.5 cm³/mol. The Morgan fingerprint density at radius 2 is 1.79 bits per heavy atom. The van der Waals surface area contributed by atoms with Crippen molar-refractivity contribution in [3.63, 3.8) is 0 Å². The van der Waals surface area contributed by atoms with Crippen molar-refractivity contribution in [3.05, 3.63) is 58.1 Å². The Bertz CT molecular complexity index is 800. The summed E-state index contributed by atoms with van der Waals surface area (Å²) in [7, 11) is 0.